The number of para-hydroxylation sites is 1. The van der Waals surface area contributed by atoms with E-state index in [-0.39, 0.29) is 28.8 Å². The van der Waals surface area contributed by atoms with Gasteiger partial charge in [-0.25, -0.2) is 9.59 Å². The van der Waals surface area contributed by atoms with Gasteiger partial charge in [0.2, 0.25) is 5.91 Å². The van der Waals surface area contributed by atoms with Gasteiger partial charge >= 0.3 is 18.2 Å². The number of likely N-dealkylation sites (tertiary alicyclic amines) is 1. The monoisotopic (exact) mass is 693 g/mol. The smallest absolute Gasteiger partial charge is 0.417 e. The van der Waals surface area contributed by atoms with E-state index in [2.05, 4.69) is 5.32 Å². The number of amides is 2. The molecule has 0 bridgehead atoms. The number of carbonyl (C=O) groups is 3. The van der Waals surface area contributed by atoms with Crippen LogP contribution in [0.4, 0.5) is 18.0 Å². The molecule has 1 aliphatic rings. The van der Waals surface area contributed by atoms with Crippen molar-refractivity contribution in [2.45, 2.75) is 71.2 Å². The van der Waals surface area contributed by atoms with Gasteiger partial charge in [-0.1, -0.05) is 61.5 Å². The Kier molecular flexibility index (Phi) is 10.0. The molecule has 0 aliphatic carbocycles. The molecular weight excluding hydrogens is 651 g/mol. The second kappa shape index (κ2) is 13.8. The summed E-state index contributed by atoms with van der Waals surface area (Å²) < 4.78 is 56.0. The number of aryl methyl sites for hydroxylation is 1. The van der Waals surface area contributed by atoms with Crippen molar-refractivity contribution in [2.24, 2.45) is 12.5 Å². The van der Waals surface area contributed by atoms with Crippen molar-refractivity contribution in [3.8, 4) is 11.1 Å². The van der Waals surface area contributed by atoms with Gasteiger partial charge in [0.15, 0.2) is 0 Å². The first-order valence-electron chi connectivity index (χ1n) is 16.5. The summed E-state index contributed by atoms with van der Waals surface area (Å²) in [7, 11) is 2.65. The molecule has 4 aromatic rings. The summed E-state index contributed by atoms with van der Waals surface area (Å²) in [5.41, 5.74) is -3.03. The van der Waals surface area contributed by atoms with Crippen molar-refractivity contribution in [3.63, 3.8) is 0 Å². The Morgan fingerprint density at radius 3 is 2.26 bits per heavy atom. The molecule has 9 nitrogen and oxygen atoms in total. The molecule has 2 heterocycles. The first kappa shape index (κ1) is 36.4. The van der Waals surface area contributed by atoms with Gasteiger partial charge in [0.05, 0.1) is 23.8 Å². The van der Waals surface area contributed by atoms with Crippen LogP contribution < -0.4 is 10.9 Å². The number of benzene rings is 3. The van der Waals surface area contributed by atoms with Crippen molar-refractivity contribution in [1.82, 2.24) is 14.8 Å². The largest absolute Gasteiger partial charge is 0.467 e. The third kappa shape index (κ3) is 7.34. The standard InChI is InChI=1S/C38H42F3N3O6/c1-36(2,3)50-35(48)44-20-11-18-37(4,19-21-44)34(47)42-28(33(46)49-6)22-23-12-9-15-25-24(23)14-10-16-26(25)30-31(38(39,40)41)27-13-7-8-17-29(27)43(5)32(30)45/h7-10,12-17,28H,11,18-22H2,1-6H3,(H,42,47)/t28-,37?/m0/s1. The predicted molar refractivity (Wildman–Crippen MR) is 185 cm³/mol. The quantitative estimate of drug-likeness (QED) is 0.218. The molecule has 50 heavy (non-hydrogen) atoms. The van der Waals surface area contributed by atoms with Gasteiger partial charge in [0, 0.05) is 37.4 Å². The first-order valence-corrected chi connectivity index (χ1v) is 16.5. The third-order valence-corrected chi connectivity index (χ3v) is 9.37. The Hall–Kier alpha value is -4.87. The number of halogens is 3. The number of aromatic nitrogens is 1. The molecule has 3 aromatic carbocycles. The van der Waals surface area contributed by atoms with E-state index in [1.54, 1.807) is 69.0 Å². The predicted octanol–water partition coefficient (Wildman–Crippen LogP) is 7.01. The number of methoxy groups -OCH3 is 1. The Labute approximate surface area is 288 Å². The summed E-state index contributed by atoms with van der Waals surface area (Å²) in [5.74, 6) is -1.07. The zero-order valence-electron chi connectivity index (χ0n) is 29.1. The Morgan fingerprint density at radius 1 is 0.920 bits per heavy atom. The number of rotatable bonds is 6. The van der Waals surface area contributed by atoms with Crippen LogP contribution in [-0.2, 0) is 38.7 Å². The van der Waals surface area contributed by atoms with Crippen LogP contribution in [0.15, 0.2) is 65.5 Å². The molecular formula is C38H42F3N3O6. The highest BCUT2D eigenvalue weighted by molar-refractivity contribution is 6.02. The number of nitrogens with one attached hydrogen (secondary N) is 1. The lowest BCUT2D eigenvalue weighted by molar-refractivity contribution is -0.146. The van der Waals surface area contributed by atoms with E-state index in [1.807, 2.05) is 0 Å². The molecule has 0 radical (unpaired) electrons. The number of nitrogens with zero attached hydrogens (tertiary/aromatic N) is 2. The molecule has 1 fully saturated rings. The van der Waals surface area contributed by atoms with Gasteiger partial charge in [0.25, 0.3) is 5.56 Å². The Morgan fingerprint density at radius 2 is 1.58 bits per heavy atom. The maximum absolute atomic E-state index is 14.7. The number of alkyl halides is 3. The summed E-state index contributed by atoms with van der Waals surface area (Å²) in [6.45, 7) is 7.87. The van der Waals surface area contributed by atoms with Crippen molar-refractivity contribution >= 4 is 39.6 Å². The average Bonchev–Trinajstić information content (AvgIpc) is 3.26. The Bertz CT molecular complexity index is 2020. The molecule has 1 aromatic heterocycles. The summed E-state index contributed by atoms with van der Waals surface area (Å²) in [5, 5.41) is 3.67. The molecule has 2 amide bonds. The number of ether oxygens (including phenoxy) is 2. The second-order valence-corrected chi connectivity index (χ2v) is 14.1. The lowest BCUT2D eigenvalue weighted by Crippen LogP contribution is -2.49. The van der Waals surface area contributed by atoms with Crippen LogP contribution in [0.1, 0.15) is 58.1 Å². The minimum absolute atomic E-state index is 0.0266. The number of hydrogen-bond donors (Lipinski definition) is 1. The van der Waals surface area contributed by atoms with Crippen LogP contribution >= 0.6 is 0 Å². The number of fused-ring (bicyclic) bond motifs is 2. The fourth-order valence-electron chi connectivity index (χ4n) is 6.71. The molecule has 1 saturated heterocycles. The summed E-state index contributed by atoms with van der Waals surface area (Å²) in [6.07, 6.45) is -3.96. The molecule has 0 saturated carbocycles. The van der Waals surface area contributed by atoms with Crippen molar-refractivity contribution in [3.05, 3.63) is 82.1 Å². The lowest BCUT2D eigenvalue weighted by atomic mass is 9.81. The van der Waals surface area contributed by atoms with Gasteiger partial charge in [-0.3, -0.25) is 9.59 Å². The molecule has 0 spiro atoms. The highest BCUT2D eigenvalue weighted by Crippen LogP contribution is 2.42. The minimum atomic E-state index is -4.83. The number of pyridine rings is 1. The first-order chi connectivity index (χ1) is 23.4. The molecule has 2 atom stereocenters. The molecule has 12 heteroatoms. The molecule has 5 rings (SSSR count). The number of carbonyl (C=O) groups excluding carboxylic acids is 3. The summed E-state index contributed by atoms with van der Waals surface area (Å²) in [4.78, 5) is 54.9. The van der Waals surface area contributed by atoms with E-state index in [9.17, 15) is 32.3 Å². The second-order valence-electron chi connectivity index (χ2n) is 14.1. The van der Waals surface area contributed by atoms with Gasteiger partial charge in [-0.05, 0) is 68.0 Å². The fourth-order valence-corrected chi connectivity index (χ4v) is 6.71. The van der Waals surface area contributed by atoms with Gasteiger partial charge in [-0.2, -0.15) is 13.2 Å². The lowest BCUT2D eigenvalue weighted by Gasteiger charge is -2.30. The van der Waals surface area contributed by atoms with E-state index < -0.39 is 52.0 Å². The van der Waals surface area contributed by atoms with E-state index in [0.29, 0.717) is 48.7 Å². The van der Waals surface area contributed by atoms with Crippen LogP contribution in [0.25, 0.3) is 32.8 Å². The van der Waals surface area contributed by atoms with Crippen LogP contribution in [0.5, 0.6) is 0 Å². The maximum Gasteiger partial charge on any atom is 0.417 e. The minimum Gasteiger partial charge on any atom is -0.467 e. The highest BCUT2D eigenvalue weighted by atomic mass is 19.4. The van der Waals surface area contributed by atoms with E-state index in [0.717, 1.165) is 0 Å². The van der Waals surface area contributed by atoms with E-state index in [1.165, 1.54) is 43.0 Å². The highest BCUT2D eigenvalue weighted by Gasteiger charge is 2.40. The van der Waals surface area contributed by atoms with Crippen molar-refractivity contribution in [1.29, 1.82) is 0 Å². The van der Waals surface area contributed by atoms with Gasteiger partial charge in [-0.15, -0.1) is 0 Å². The van der Waals surface area contributed by atoms with E-state index in [4.69, 9.17) is 9.47 Å². The zero-order valence-corrected chi connectivity index (χ0v) is 29.1. The third-order valence-electron chi connectivity index (χ3n) is 9.37. The summed E-state index contributed by atoms with van der Waals surface area (Å²) >= 11 is 0. The van der Waals surface area contributed by atoms with Gasteiger partial charge in [0.1, 0.15) is 11.6 Å². The molecule has 1 aliphatic heterocycles. The SMILES string of the molecule is COC(=O)[C@H](Cc1cccc2c(-c3c(C(F)(F)F)c4ccccc4n(C)c3=O)cccc12)NC(=O)C1(C)CCCN(C(=O)OC(C)(C)C)CC1. The topological polar surface area (TPSA) is 107 Å². The number of hydrogen-bond acceptors (Lipinski definition) is 6. The van der Waals surface area contributed by atoms with Gasteiger partial charge < -0.3 is 24.3 Å². The molecule has 1 N–H and O–H groups in total. The van der Waals surface area contributed by atoms with E-state index >= 15 is 0 Å². The normalized spacial score (nSPS) is 17.7. The summed E-state index contributed by atoms with van der Waals surface area (Å²) in [6, 6.07) is 14.6. The molecule has 266 valence electrons. The Balaban J connectivity index is 1.49. The van der Waals surface area contributed by atoms with Crippen LogP contribution in [0.2, 0.25) is 0 Å². The molecule has 1 unspecified atom stereocenters. The average molecular weight is 694 g/mol. The zero-order chi connectivity index (χ0) is 36.6. The fraction of sp³-hybridized carbons (Fsp3) is 0.421. The van der Waals surface area contributed by atoms with Crippen LogP contribution in [0, 0.1) is 5.41 Å². The van der Waals surface area contributed by atoms with Crippen LogP contribution in [0.3, 0.4) is 0 Å². The van der Waals surface area contributed by atoms with Crippen LogP contribution in [-0.4, -0.2) is 59.3 Å². The number of esters is 1. The maximum atomic E-state index is 14.7. The van der Waals surface area contributed by atoms with Crippen molar-refractivity contribution < 1.29 is 37.0 Å². The van der Waals surface area contributed by atoms with Crippen molar-refractivity contribution in [2.75, 3.05) is 20.2 Å².